The number of furan rings is 1. The highest BCUT2D eigenvalue weighted by molar-refractivity contribution is 7.89. The molecule has 3 aromatic rings. The van der Waals surface area contributed by atoms with Gasteiger partial charge in [0.25, 0.3) is 5.91 Å². The van der Waals surface area contributed by atoms with Gasteiger partial charge in [-0.2, -0.15) is 0 Å². The Morgan fingerprint density at radius 1 is 1.12 bits per heavy atom. The van der Waals surface area contributed by atoms with E-state index in [9.17, 15) is 13.2 Å². The van der Waals surface area contributed by atoms with Crippen molar-refractivity contribution in [2.45, 2.75) is 37.2 Å². The van der Waals surface area contributed by atoms with E-state index in [0.717, 1.165) is 42.3 Å². The first kappa shape index (κ1) is 22.7. The molecule has 4 rings (SSSR count). The summed E-state index contributed by atoms with van der Waals surface area (Å²) in [5.41, 5.74) is 0.415. The number of rotatable bonds is 9. The number of aryl methyl sites for hydroxylation is 1. The molecule has 0 bridgehead atoms. The fourth-order valence-corrected chi connectivity index (χ4v) is 5.58. The highest BCUT2D eigenvalue weighted by atomic mass is 32.2. The Labute approximate surface area is 192 Å². The molecular weight excluding hydrogens is 446 g/mol. The molecule has 32 heavy (non-hydrogen) atoms. The maximum absolute atomic E-state index is 12.7. The van der Waals surface area contributed by atoms with E-state index < -0.39 is 10.0 Å². The monoisotopic (exact) mass is 473 g/mol. The molecule has 1 atom stereocenters. The minimum absolute atomic E-state index is 0.0174. The van der Waals surface area contributed by atoms with Crippen LogP contribution in [0.3, 0.4) is 0 Å². The average molecular weight is 474 g/mol. The van der Waals surface area contributed by atoms with Gasteiger partial charge in [-0.05, 0) is 80.7 Å². The average Bonchev–Trinajstić information content (AvgIpc) is 3.56. The van der Waals surface area contributed by atoms with Crippen LogP contribution in [0.1, 0.15) is 45.6 Å². The molecule has 0 saturated carbocycles. The van der Waals surface area contributed by atoms with Gasteiger partial charge in [0.1, 0.15) is 11.5 Å². The number of sulfonamides is 1. The molecule has 170 valence electrons. The molecule has 3 heterocycles. The molecular formula is C23H27N3O4S2. The second-order valence-corrected chi connectivity index (χ2v) is 10.6. The van der Waals surface area contributed by atoms with E-state index in [0.29, 0.717) is 12.1 Å². The highest BCUT2D eigenvalue weighted by Gasteiger charge is 2.26. The number of hydrogen-bond acceptors (Lipinski definition) is 6. The molecule has 1 amide bonds. The quantitative estimate of drug-likeness (QED) is 0.495. The van der Waals surface area contributed by atoms with Crippen molar-refractivity contribution in [3.05, 3.63) is 75.9 Å². The number of carbonyl (C=O) groups is 1. The molecule has 7 nitrogen and oxygen atoms in total. The summed E-state index contributed by atoms with van der Waals surface area (Å²) in [6, 6.07) is 13.6. The van der Waals surface area contributed by atoms with Gasteiger partial charge in [0, 0.05) is 23.5 Å². The molecule has 1 aliphatic heterocycles. The number of hydrogen-bond donors (Lipinski definition) is 2. The van der Waals surface area contributed by atoms with Crippen LogP contribution in [0, 0.1) is 6.92 Å². The molecule has 0 aliphatic carbocycles. The van der Waals surface area contributed by atoms with Crippen LogP contribution in [0.15, 0.2) is 63.2 Å². The van der Waals surface area contributed by atoms with Crippen LogP contribution in [-0.4, -0.2) is 38.9 Å². The Kier molecular flexibility index (Phi) is 7.10. The van der Waals surface area contributed by atoms with E-state index in [1.807, 2.05) is 36.6 Å². The summed E-state index contributed by atoms with van der Waals surface area (Å²) in [5, 5.41) is 4.88. The van der Waals surface area contributed by atoms with Gasteiger partial charge in [0.05, 0.1) is 10.9 Å². The van der Waals surface area contributed by atoms with Gasteiger partial charge >= 0.3 is 0 Å². The number of likely N-dealkylation sites (tertiary alicyclic amines) is 1. The van der Waals surface area contributed by atoms with Gasteiger partial charge in [-0.25, -0.2) is 13.1 Å². The van der Waals surface area contributed by atoms with Gasteiger partial charge in [0.15, 0.2) is 0 Å². The van der Waals surface area contributed by atoms with Crippen molar-refractivity contribution in [1.29, 1.82) is 0 Å². The number of nitrogens with one attached hydrogen (secondary N) is 2. The smallest absolute Gasteiger partial charge is 0.251 e. The third-order valence-electron chi connectivity index (χ3n) is 5.57. The fourth-order valence-electron chi connectivity index (χ4n) is 3.83. The number of carbonyl (C=O) groups excluding carboxylic acids is 1. The highest BCUT2D eigenvalue weighted by Crippen LogP contribution is 2.26. The van der Waals surface area contributed by atoms with Crippen LogP contribution in [0.4, 0.5) is 0 Å². The predicted molar refractivity (Wildman–Crippen MR) is 124 cm³/mol. The standard InChI is InChI=1S/C23H27N3O4S2/c1-17-6-11-22(30-17)21(26-12-2-3-13-26)16-24-23(27)18-7-9-20(10-8-18)32(28,29)25-15-19-5-4-14-31-19/h4-11,14,21,25H,2-3,12-13,15-16H2,1H3,(H,24,27). The van der Waals surface area contributed by atoms with Crippen LogP contribution < -0.4 is 10.0 Å². The molecule has 2 N–H and O–H groups in total. The second-order valence-electron chi connectivity index (χ2n) is 7.85. The summed E-state index contributed by atoms with van der Waals surface area (Å²) in [5.74, 6) is 1.45. The molecule has 2 aromatic heterocycles. The SMILES string of the molecule is Cc1ccc(C(CNC(=O)c2ccc(S(=O)(=O)NCc3cccs3)cc2)N2CCCC2)o1. The maximum Gasteiger partial charge on any atom is 0.251 e. The summed E-state index contributed by atoms with van der Waals surface area (Å²) in [4.78, 5) is 16.1. The number of nitrogens with zero attached hydrogens (tertiary/aromatic N) is 1. The summed E-state index contributed by atoms with van der Waals surface area (Å²) < 4.78 is 33.4. The lowest BCUT2D eigenvalue weighted by Gasteiger charge is -2.26. The zero-order valence-electron chi connectivity index (χ0n) is 17.9. The van der Waals surface area contributed by atoms with E-state index in [2.05, 4.69) is 14.9 Å². The van der Waals surface area contributed by atoms with E-state index in [4.69, 9.17) is 4.42 Å². The lowest BCUT2D eigenvalue weighted by molar-refractivity contribution is 0.0933. The molecule has 0 radical (unpaired) electrons. The first-order valence-electron chi connectivity index (χ1n) is 10.6. The normalized spacial score (nSPS) is 15.7. The van der Waals surface area contributed by atoms with Gasteiger partial charge in [-0.3, -0.25) is 9.69 Å². The Balaban J connectivity index is 1.38. The lowest BCUT2D eigenvalue weighted by Crippen LogP contribution is -2.36. The Morgan fingerprint density at radius 2 is 1.88 bits per heavy atom. The van der Waals surface area contributed by atoms with Gasteiger partial charge < -0.3 is 9.73 Å². The van der Waals surface area contributed by atoms with Crippen LogP contribution in [0.25, 0.3) is 0 Å². The van der Waals surface area contributed by atoms with Gasteiger partial charge in [-0.15, -0.1) is 11.3 Å². The van der Waals surface area contributed by atoms with Crippen molar-refractivity contribution in [3.63, 3.8) is 0 Å². The van der Waals surface area contributed by atoms with Crippen molar-refractivity contribution in [2.75, 3.05) is 19.6 Å². The van der Waals surface area contributed by atoms with Crippen LogP contribution in [0.2, 0.25) is 0 Å². The van der Waals surface area contributed by atoms with E-state index in [1.54, 1.807) is 0 Å². The number of thiophene rings is 1. The van der Waals surface area contributed by atoms with Gasteiger partial charge in [-0.1, -0.05) is 6.07 Å². The minimum Gasteiger partial charge on any atom is -0.465 e. The van der Waals surface area contributed by atoms with Crippen molar-refractivity contribution in [3.8, 4) is 0 Å². The Bertz CT molecular complexity index is 1130. The minimum atomic E-state index is -3.64. The van der Waals surface area contributed by atoms with Crippen LogP contribution >= 0.6 is 11.3 Å². The topological polar surface area (TPSA) is 91.6 Å². The largest absolute Gasteiger partial charge is 0.465 e. The van der Waals surface area contributed by atoms with Crippen molar-refractivity contribution in [1.82, 2.24) is 14.9 Å². The number of benzene rings is 1. The molecule has 1 saturated heterocycles. The fraction of sp³-hybridized carbons (Fsp3) is 0.348. The van der Waals surface area contributed by atoms with E-state index in [1.165, 1.54) is 35.6 Å². The molecule has 1 aromatic carbocycles. The van der Waals surface area contributed by atoms with Crippen LogP contribution in [0.5, 0.6) is 0 Å². The lowest BCUT2D eigenvalue weighted by atomic mass is 10.1. The van der Waals surface area contributed by atoms with Crippen molar-refractivity contribution < 1.29 is 17.6 Å². The predicted octanol–water partition coefficient (Wildman–Crippen LogP) is 3.69. The third kappa shape index (κ3) is 5.47. The first-order valence-corrected chi connectivity index (χ1v) is 13.0. The van der Waals surface area contributed by atoms with Crippen molar-refractivity contribution >= 4 is 27.3 Å². The zero-order chi connectivity index (χ0) is 22.6. The summed E-state index contributed by atoms with van der Waals surface area (Å²) in [6.45, 7) is 4.53. The molecule has 1 fully saturated rings. The maximum atomic E-state index is 12.7. The van der Waals surface area contributed by atoms with E-state index in [-0.39, 0.29) is 23.4 Å². The molecule has 1 unspecified atom stereocenters. The van der Waals surface area contributed by atoms with E-state index >= 15 is 0 Å². The number of amides is 1. The Hall–Kier alpha value is -2.46. The Morgan fingerprint density at radius 3 is 2.50 bits per heavy atom. The van der Waals surface area contributed by atoms with Crippen LogP contribution in [-0.2, 0) is 16.6 Å². The zero-order valence-corrected chi connectivity index (χ0v) is 19.5. The van der Waals surface area contributed by atoms with Crippen molar-refractivity contribution in [2.24, 2.45) is 0 Å². The third-order valence-corrected chi connectivity index (χ3v) is 7.86. The summed E-state index contributed by atoms with van der Waals surface area (Å²) >= 11 is 1.49. The molecule has 1 aliphatic rings. The second kappa shape index (κ2) is 9.99. The summed E-state index contributed by atoms with van der Waals surface area (Å²) in [7, 11) is -3.64. The summed E-state index contributed by atoms with van der Waals surface area (Å²) in [6.07, 6.45) is 2.28. The molecule has 0 spiro atoms. The van der Waals surface area contributed by atoms with Gasteiger partial charge in [0.2, 0.25) is 10.0 Å². The molecule has 9 heteroatoms. The first-order chi connectivity index (χ1) is 15.4.